The molecular weight excluding hydrogens is 486 g/mol. The fourth-order valence-electron chi connectivity index (χ4n) is 5.56. The Morgan fingerprint density at radius 1 is 0.897 bits per heavy atom. The summed E-state index contributed by atoms with van der Waals surface area (Å²) in [4.78, 5) is 28.3. The monoisotopic (exact) mass is 523 g/mol. The largest absolute Gasteiger partial charge is 0.481 e. The summed E-state index contributed by atoms with van der Waals surface area (Å²) in [6.07, 6.45) is 8.13. The summed E-state index contributed by atoms with van der Waals surface area (Å²) >= 11 is 0. The number of carbonyl (C=O) groups is 2. The summed E-state index contributed by atoms with van der Waals surface area (Å²) < 4.78 is 1.90. The fourth-order valence-corrected chi connectivity index (χ4v) is 5.56. The quantitative estimate of drug-likeness (QED) is 0.274. The highest BCUT2D eigenvalue weighted by Gasteiger charge is 2.24. The van der Waals surface area contributed by atoms with Gasteiger partial charge in [-0.1, -0.05) is 69.3 Å². The molecule has 6 nitrogen and oxygen atoms in total. The van der Waals surface area contributed by atoms with Crippen LogP contribution < -0.4 is 5.32 Å². The summed E-state index contributed by atoms with van der Waals surface area (Å²) in [5.41, 5.74) is 7.04. The highest BCUT2D eigenvalue weighted by atomic mass is 16.4. The normalized spacial score (nSPS) is 17.7. The van der Waals surface area contributed by atoms with Crippen molar-refractivity contribution in [1.82, 2.24) is 14.7 Å². The molecule has 39 heavy (non-hydrogen) atoms. The Morgan fingerprint density at radius 3 is 2.21 bits per heavy atom. The number of aliphatic carboxylic acids is 1. The van der Waals surface area contributed by atoms with Gasteiger partial charge in [-0.25, -0.2) is 4.98 Å². The first-order valence-electron chi connectivity index (χ1n) is 13.8. The maximum absolute atomic E-state index is 12.8. The van der Waals surface area contributed by atoms with E-state index in [1.165, 1.54) is 11.1 Å². The fraction of sp³-hybridized carbons (Fsp3) is 0.364. The summed E-state index contributed by atoms with van der Waals surface area (Å²) in [6, 6.07) is 21.0. The lowest BCUT2D eigenvalue weighted by atomic mass is 9.77. The molecule has 0 bridgehead atoms. The van der Waals surface area contributed by atoms with E-state index in [2.05, 4.69) is 79.6 Å². The Bertz CT molecular complexity index is 1460. The van der Waals surface area contributed by atoms with Crippen molar-refractivity contribution in [3.8, 4) is 11.1 Å². The average molecular weight is 524 g/mol. The number of pyridine rings is 1. The lowest BCUT2D eigenvalue weighted by molar-refractivity contribution is -0.138. The molecule has 2 heterocycles. The Kier molecular flexibility index (Phi) is 7.56. The molecule has 4 aromatic rings. The minimum absolute atomic E-state index is 0.100. The highest BCUT2D eigenvalue weighted by molar-refractivity contribution is 5.92. The Balaban J connectivity index is 1.21. The van der Waals surface area contributed by atoms with Crippen LogP contribution in [0.1, 0.15) is 86.0 Å². The van der Waals surface area contributed by atoms with Crippen molar-refractivity contribution in [2.24, 2.45) is 5.92 Å². The first-order chi connectivity index (χ1) is 18.7. The number of fused-ring (bicyclic) bond motifs is 1. The molecule has 1 aliphatic rings. The van der Waals surface area contributed by atoms with E-state index in [1.807, 2.05) is 22.7 Å². The van der Waals surface area contributed by atoms with Gasteiger partial charge in [-0.2, -0.15) is 0 Å². The van der Waals surface area contributed by atoms with E-state index in [-0.39, 0.29) is 17.7 Å². The molecule has 5 rings (SSSR count). The van der Waals surface area contributed by atoms with E-state index in [1.54, 1.807) is 6.20 Å². The number of rotatable bonds is 7. The molecule has 202 valence electrons. The van der Waals surface area contributed by atoms with Gasteiger partial charge in [0.15, 0.2) is 0 Å². The van der Waals surface area contributed by atoms with E-state index in [0.717, 1.165) is 48.0 Å². The van der Waals surface area contributed by atoms with Crippen LogP contribution >= 0.6 is 0 Å². The Labute approximate surface area is 230 Å². The van der Waals surface area contributed by atoms with E-state index in [4.69, 9.17) is 5.11 Å². The number of hydrogen-bond acceptors (Lipinski definition) is 3. The number of benzene rings is 2. The van der Waals surface area contributed by atoms with Gasteiger partial charge in [-0.15, -0.1) is 0 Å². The van der Waals surface area contributed by atoms with Gasteiger partial charge >= 0.3 is 5.97 Å². The van der Waals surface area contributed by atoms with Gasteiger partial charge in [0.25, 0.3) is 5.91 Å². The topological polar surface area (TPSA) is 83.7 Å². The third-order valence-electron chi connectivity index (χ3n) is 7.98. The molecule has 1 saturated carbocycles. The highest BCUT2D eigenvalue weighted by Crippen LogP contribution is 2.37. The summed E-state index contributed by atoms with van der Waals surface area (Å²) in [6.45, 7) is 7.02. The number of aromatic nitrogens is 2. The Hall–Kier alpha value is -3.93. The van der Waals surface area contributed by atoms with Gasteiger partial charge in [-0.3, -0.25) is 9.59 Å². The number of carboxylic acid groups (broad SMARTS) is 1. The SMILES string of the molecule is CC(C)(C)c1ccc(CNC(=O)c2cn3cc(-c4ccc(C5CCC(CC(=O)O)CC5)cc4)ccc3n2)cc1. The molecule has 1 amide bonds. The number of nitrogens with zero attached hydrogens (tertiary/aromatic N) is 2. The van der Waals surface area contributed by atoms with Crippen LogP contribution in [0.3, 0.4) is 0 Å². The molecule has 0 unspecified atom stereocenters. The zero-order valence-corrected chi connectivity index (χ0v) is 23.0. The number of nitrogens with one attached hydrogen (secondary N) is 1. The van der Waals surface area contributed by atoms with Crippen LogP contribution in [0, 0.1) is 5.92 Å². The summed E-state index contributed by atoms with van der Waals surface area (Å²) in [5, 5.41) is 12.0. The van der Waals surface area contributed by atoms with Crippen molar-refractivity contribution < 1.29 is 14.7 Å². The maximum Gasteiger partial charge on any atom is 0.303 e. The van der Waals surface area contributed by atoms with Crippen molar-refractivity contribution in [3.05, 3.63) is 95.4 Å². The Morgan fingerprint density at radius 2 is 1.56 bits per heavy atom. The third-order valence-corrected chi connectivity index (χ3v) is 7.98. The molecular formula is C33H37N3O3. The first kappa shape index (κ1) is 26.7. The molecule has 0 aliphatic heterocycles. The van der Waals surface area contributed by atoms with Crippen LogP contribution in [0.5, 0.6) is 0 Å². The lowest BCUT2D eigenvalue weighted by Gasteiger charge is -2.28. The second-order valence-electron chi connectivity index (χ2n) is 11.9. The van der Waals surface area contributed by atoms with Gasteiger partial charge in [-0.05, 0) is 82.9 Å². The maximum atomic E-state index is 12.8. The zero-order chi connectivity index (χ0) is 27.6. The van der Waals surface area contributed by atoms with Crippen molar-refractivity contribution in [1.29, 1.82) is 0 Å². The van der Waals surface area contributed by atoms with E-state index < -0.39 is 5.97 Å². The summed E-state index contributed by atoms with van der Waals surface area (Å²) in [7, 11) is 0. The standard InChI is InChI=1S/C33H37N3O3/c1-33(2,3)28-15-6-23(7-16-28)19-34-32(39)29-21-36-20-27(14-17-30(36)35-29)26-12-10-25(11-13-26)24-8-4-22(5-9-24)18-31(37)38/h6-7,10-17,20-22,24H,4-5,8-9,18-19H2,1-3H3,(H,34,39)(H,37,38). The van der Waals surface area contributed by atoms with Crippen molar-refractivity contribution in [2.45, 2.75) is 70.8 Å². The second-order valence-corrected chi connectivity index (χ2v) is 11.9. The van der Waals surface area contributed by atoms with Crippen LogP contribution in [-0.2, 0) is 16.8 Å². The van der Waals surface area contributed by atoms with Crippen molar-refractivity contribution >= 4 is 17.5 Å². The third kappa shape index (κ3) is 6.39. The average Bonchev–Trinajstić information content (AvgIpc) is 3.35. The molecule has 6 heteroatoms. The minimum atomic E-state index is -0.688. The molecule has 2 aromatic carbocycles. The first-order valence-corrected chi connectivity index (χ1v) is 13.8. The van der Waals surface area contributed by atoms with Gasteiger partial charge in [0.1, 0.15) is 11.3 Å². The van der Waals surface area contributed by atoms with Crippen molar-refractivity contribution in [2.75, 3.05) is 0 Å². The lowest BCUT2D eigenvalue weighted by Crippen LogP contribution is -2.23. The van der Waals surface area contributed by atoms with Crippen LogP contribution in [0.15, 0.2) is 73.1 Å². The number of hydrogen-bond donors (Lipinski definition) is 2. The van der Waals surface area contributed by atoms with Crippen LogP contribution in [0.25, 0.3) is 16.8 Å². The predicted molar refractivity (Wildman–Crippen MR) is 154 cm³/mol. The molecule has 0 radical (unpaired) electrons. The van der Waals surface area contributed by atoms with E-state index in [9.17, 15) is 9.59 Å². The zero-order valence-electron chi connectivity index (χ0n) is 23.0. The molecule has 0 saturated heterocycles. The molecule has 0 atom stereocenters. The van der Waals surface area contributed by atoms with Crippen LogP contribution in [0.4, 0.5) is 0 Å². The smallest absolute Gasteiger partial charge is 0.303 e. The van der Waals surface area contributed by atoms with Gasteiger partial charge in [0.05, 0.1) is 0 Å². The number of carbonyl (C=O) groups excluding carboxylic acids is 1. The molecule has 1 aliphatic carbocycles. The molecule has 0 spiro atoms. The number of carboxylic acids is 1. The molecule has 2 aromatic heterocycles. The number of amides is 1. The minimum Gasteiger partial charge on any atom is -0.481 e. The number of imidazole rings is 1. The second kappa shape index (κ2) is 11.0. The summed E-state index contributed by atoms with van der Waals surface area (Å²) in [5.74, 6) is -0.0699. The van der Waals surface area contributed by atoms with Gasteiger partial charge in [0.2, 0.25) is 0 Å². The van der Waals surface area contributed by atoms with E-state index in [0.29, 0.717) is 24.1 Å². The molecule has 2 N–H and O–H groups in total. The van der Waals surface area contributed by atoms with Crippen LogP contribution in [0.2, 0.25) is 0 Å². The van der Waals surface area contributed by atoms with Gasteiger partial charge in [0, 0.05) is 25.4 Å². The molecule has 1 fully saturated rings. The van der Waals surface area contributed by atoms with Crippen LogP contribution in [-0.4, -0.2) is 26.4 Å². The van der Waals surface area contributed by atoms with E-state index >= 15 is 0 Å². The van der Waals surface area contributed by atoms with Crippen molar-refractivity contribution in [3.63, 3.8) is 0 Å². The van der Waals surface area contributed by atoms with Gasteiger partial charge < -0.3 is 14.8 Å². The predicted octanol–water partition coefficient (Wildman–Crippen LogP) is 6.98.